The van der Waals surface area contributed by atoms with Gasteiger partial charge in [-0.25, -0.2) is 0 Å². The molecule has 1 heterocycles. The van der Waals surface area contributed by atoms with Crippen molar-refractivity contribution in [2.45, 2.75) is 13.1 Å². The highest BCUT2D eigenvalue weighted by Crippen LogP contribution is 2.31. The van der Waals surface area contributed by atoms with Crippen LogP contribution in [0.25, 0.3) is 0 Å². The van der Waals surface area contributed by atoms with Crippen molar-refractivity contribution < 1.29 is 0 Å². The van der Waals surface area contributed by atoms with E-state index in [0.717, 1.165) is 21.9 Å². The minimum absolute atomic E-state index is 0.816. The van der Waals surface area contributed by atoms with Crippen LogP contribution in [-0.4, -0.2) is 0 Å². The van der Waals surface area contributed by atoms with Crippen molar-refractivity contribution >= 4 is 38.9 Å². The molecule has 2 aromatic rings. The number of benzene rings is 1. The molecule has 0 unspecified atom stereocenters. The molecule has 0 saturated carbocycles. The molecular formula is C12H11BrClNS. The van der Waals surface area contributed by atoms with Crippen LogP contribution in [0.2, 0.25) is 4.34 Å². The zero-order chi connectivity index (χ0) is 11.4. The van der Waals surface area contributed by atoms with Gasteiger partial charge in [0.15, 0.2) is 0 Å². The Kier molecular flexibility index (Phi) is 4.41. The smallest absolute Gasteiger partial charge is 0.107 e. The van der Waals surface area contributed by atoms with Crippen molar-refractivity contribution in [1.29, 1.82) is 0 Å². The Labute approximate surface area is 113 Å². The van der Waals surface area contributed by atoms with Crippen molar-refractivity contribution in [1.82, 2.24) is 5.32 Å². The largest absolute Gasteiger partial charge is 0.308 e. The summed E-state index contributed by atoms with van der Waals surface area (Å²) in [7, 11) is 0. The summed E-state index contributed by atoms with van der Waals surface area (Å²) in [4.78, 5) is 1.24. The molecule has 84 valence electrons. The van der Waals surface area contributed by atoms with Gasteiger partial charge in [-0.05, 0) is 27.6 Å². The molecular weight excluding hydrogens is 306 g/mol. The molecule has 0 bridgehead atoms. The first-order chi connectivity index (χ1) is 7.75. The zero-order valence-corrected chi connectivity index (χ0v) is 11.7. The molecule has 0 saturated heterocycles. The Morgan fingerprint density at radius 3 is 2.56 bits per heavy atom. The Balaban J connectivity index is 1.84. The minimum Gasteiger partial charge on any atom is -0.308 e. The molecule has 0 radical (unpaired) electrons. The highest BCUT2D eigenvalue weighted by molar-refractivity contribution is 9.10. The number of rotatable bonds is 4. The van der Waals surface area contributed by atoms with Crippen LogP contribution in [-0.2, 0) is 13.1 Å². The number of hydrogen-bond acceptors (Lipinski definition) is 2. The molecule has 1 nitrogen and oxygen atoms in total. The second-order valence-electron chi connectivity index (χ2n) is 3.42. The normalized spacial score (nSPS) is 10.6. The monoisotopic (exact) mass is 315 g/mol. The van der Waals surface area contributed by atoms with Crippen LogP contribution >= 0.6 is 38.9 Å². The average molecular weight is 317 g/mol. The number of halogens is 2. The summed E-state index contributed by atoms with van der Waals surface area (Å²) in [5.41, 5.74) is 1.30. The van der Waals surface area contributed by atoms with Crippen molar-refractivity contribution in [2.24, 2.45) is 0 Å². The van der Waals surface area contributed by atoms with Gasteiger partial charge in [0.1, 0.15) is 4.34 Å². The topological polar surface area (TPSA) is 12.0 Å². The van der Waals surface area contributed by atoms with Gasteiger partial charge in [-0.3, -0.25) is 0 Å². The quantitative estimate of drug-likeness (QED) is 0.878. The van der Waals surface area contributed by atoms with Crippen LogP contribution in [0.4, 0.5) is 0 Å². The fourth-order valence-corrected chi connectivity index (χ4v) is 3.16. The van der Waals surface area contributed by atoms with Crippen molar-refractivity contribution in [3.8, 4) is 0 Å². The maximum absolute atomic E-state index is 5.97. The molecule has 0 atom stereocenters. The number of thiophene rings is 1. The lowest BCUT2D eigenvalue weighted by Crippen LogP contribution is -2.11. The molecule has 1 aromatic heterocycles. The van der Waals surface area contributed by atoms with E-state index in [-0.39, 0.29) is 0 Å². The Morgan fingerprint density at radius 2 is 1.94 bits per heavy atom. The average Bonchev–Trinajstić information content (AvgIpc) is 2.60. The van der Waals surface area contributed by atoms with Gasteiger partial charge in [-0.2, -0.15) is 0 Å². The van der Waals surface area contributed by atoms with Gasteiger partial charge in [-0.15, -0.1) is 11.3 Å². The molecule has 0 spiro atoms. The van der Waals surface area contributed by atoms with Crippen LogP contribution in [0.5, 0.6) is 0 Å². The van der Waals surface area contributed by atoms with E-state index >= 15 is 0 Å². The fraction of sp³-hybridized carbons (Fsp3) is 0.167. The van der Waals surface area contributed by atoms with Gasteiger partial charge < -0.3 is 5.32 Å². The second kappa shape index (κ2) is 5.82. The highest BCUT2D eigenvalue weighted by atomic mass is 79.9. The molecule has 0 aliphatic rings. The van der Waals surface area contributed by atoms with Gasteiger partial charge in [-0.1, -0.05) is 41.9 Å². The van der Waals surface area contributed by atoms with Crippen molar-refractivity contribution in [3.63, 3.8) is 0 Å². The minimum atomic E-state index is 0.816. The molecule has 4 heteroatoms. The summed E-state index contributed by atoms with van der Waals surface area (Å²) >= 11 is 11.0. The molecule has 0 aliphatic carbocycles. The summed E-state index contributed by atoms with van der Waals surface area (Å²) in [5.74, 6) is 0. The second-order valence-corrected chi connectivity index (χ2v) is 6.02. The van der Waals surface area contributed by atoms with E-state index in [1.165, 1.54) is 10.4 Å². The number of nitrogens with one attached hydrogen (secondary N) is 1. The molecule has 16 heavy (non-hydrogen) atoms. The Bertz CT molecular complexity index is 436. The molecule has 0 aliphatic heterocycles. The summed E-state index contributed by atoms with van der Waals surface area (Å²) < 4.78 is 1.80. The summed E-state index contributed by atoms with van der Waals surface area (Å²) in [6, 6.07) is 12.4. The fourth-order valence-electron chi connectivity index (χ4n) is 1.40. The van der Waals surface area contributed by atoms with Gasteiger partial charge in [0.05, 0.1) is 0 Å². The van der Waals surface area contributed by atoms with E-state index in [2.05, 4.69) is 51.6 Å². The van der Waals surface area contributed by atoms with E-state index in [1.54, 1.807) is 11.3 Å². The van der Waals surface area contributed by atoms with E-state index in [0.29, 0.717) is 0 Å². The summed E-state index contributed by atoms with van der Waals surface area (Å²) in [5, 5.41) is 3.39. The predicted octanol–water partition coefficient (Wildman–Crippen LogP) is 4.45. The van der Waals surface area contributed by atoms with Crippen LogP contribution in [0, 0.1) is 0 Å². The third-order valence-electron chi connectivity index (χ3n) is 2.17. The van der Waals surface area contributed by atoms with Crippen LogP contribution < -0.4 is 5.32 Å². The first-order valence-electron chi connectivity index (χ1n) is 4.94. The van der Waals surface area contributed by atoms with E-state index in [4.69, 9.17) is 11.6 Å². The number of hydrogen-bond donors (Lipinski definition) is 1. The first-order valence-corrected chi connectivity index (χ1v) is 6.93. The predicted molar refractivity (Wildman–Crippen MR) is 74.0 cm³/mol. The third kappa shape index (κ3) is 3.32. The lowest BCUT2D eigenvalue weighted by Gasteiger charge is -2.02. The van der Waals surface area contributed by atoms with Crippen LogP contribution in [0.1, 0.15) is 10.4 Å². The van der Waals surface area contributed by atoms with Crippen molar-refractivity contribution in [2.75, 3.05) is 0 Å². The summed E-state index contributed by atoms with van der Waals surface area (Å²) in [6.45, 7) is 1.73. The molecule has 0 amide bonds. The highest BCUT2D eigenvalue weighted by Gasteiger charge is 2.03. The molecule has 1 N–H and O–H groups in total. The van der Waals surface area contributed by atoms with E-state index in [9.17, 15) is 0 Å². The van der Waals surface area contributed by atoms with E-state index in [1.807, 2.05) is 6.07 Å². The van der Waals surface area contributed by atoms with Crippen LogP contribution in [0.15, 0.2) is 40.9 Å². The van der Waals surface area contributed by atoms with Gasteiger partial charge >= 0.3 is 0 Å². The van der Waals surface area contributed by atoms with Crippen LogP contribution in [0.3, 0.4) is 0 Å². The SMILES string of the molecule is Clc1sc(CNCc2ccccc2)cc1Br. The van der Waals surface area contributed by atoms with Gasteiger partial charge in [0.2, 0.25) is 0 Å². The third-order valence-corrected chi connectivity index (χ3v) is 4.64. The molecule has 2 rings (SSSR count). The maximum Gasteiger partial charge on any atom is 0.107 e. The Hall–Kier alpha value is -0.350. The lowest BCUT2D eigenvalue weighted by molar-refractivity contribution is 0.701. The molecule has 1 aromatic carbocycles. The van der Waals surface area contributed by atoms with Gasteiger partial charge in [0.25, 0.3) is 0 Å². The standard InChI is InChI=1S/C12H11BrClNS/c13-11-6-10(16-12(11)14)8-15-7-9-4-2-1-3-5-9/h1-6,15H,7-8H2. The lowest BCUT2D eigenvalue weighted by atomic mass is 10.2. The maximum atomic E-state index is 5.97. The van der Waals surface area contributed by atoms with Gasteiger partial charge in [0, 0.05) is 22.4 Å². The zero-order valence-electron chi connectivity index (χ0n) is 8.54. The van der Waals surface area contributed by atoms with E-state index < -0.39 is 0 Å². The molecule has 0 fully saturated rings. The summed E-state index contributed by atoms with van der Waals surface area (Å²) in [6.07, 6.45) is 0. The first kappa shape index (κ1) is 12.1. The van der Waals surface area contributed by atoms with Crippen molar-refractivity contribution in [3.05, 3.63) is 55.6 Å². The Morgan fingerprint density at radius 1 is 1.19 bits per heavy atom.